The summed E-state index contributed by atoms with van der Waals surface area (Å²) in [6, 6.07) is 76.7. The van der Waals surface area contributed by atoms with Crippen LogP contribution in [0.5, 0.6) is 0 Å². The molecule has 2 aliphatic heterocycles. The Morgan fingerprint density at radius 1 is 0.448 bits per heavy atom. The Bertz CT molecular complexity index is 3520. The molecule has 3 heteroatoms. The Morgan fingerprint density at radius 3 is 1.55 bits per heavy atom. The van der Waals surface area contributed by atoms with Crippen LogP contribution < -0.4 is 9.80 Å². The number of hydrogen-bond donors (Lipinski definition) is 0. The van der Waals surface area contributed by atoms with Gasteiger partial charge in [-0.1, -0.05) is 189 Å². The summed E-state index contributed by atoms with van der Waals surface area (Å²) < 4.78 is 0. The van der Waals surface area contributed by atoms with E-state index in [1.807, 2.05) is 11.8 Å². The molecule has 3 aliphatic rings. The topological polar surface area (TPSA) is 6.48 Å². The molecule has 0 atom stereocenters. The van der Waals surface area contributed by atoms with E-state index in [0.717, 1.165) is 18.7 Å². The van der Waals surface area contributed by atoms with Crippen LogP contribution in [0.3, 0.4) is 0 Å². The monoisotopic (exact) mass is 876 g/mol. The van der Waals surface area contributed by atoms with Gasteiger partial charge in [0.15, 0.2) is 0 Å². The summed E-state index contributed by atoms with van der Waals surface area (Å²) in [5, 5.41) is 5.03. The lowest BCUT2D eigenvalue weighted by Gasteiger charge is -2.32. The molecule has 10 aromatic rings. The van der Waals surface area contributed by atoms with Gasteiger partial charge in [0.2, 0.25) is 0 Å². The van der Waals surface area contributed by atoms with E-state index in [1.165, 1.54) is 122 Å². The SMILES string of the molecule is CC1(C)c2cc(/C=C/c3ccc(-c4c5ccccc5c(-c5ccc(N6c7ccccc7Sc7ccccc76)cc5)c5ccccc45)cc3)ccc2-c2ccc(N3CCCc4ccccc43)cc21. The Morgan fingerprint density at radius 2 is 0.925 bits per heavy atom. The molecule has 0 N–H and O–H groups in total. The van der Waals surface area contributed by atoms with Crippen molar-refractivity contribution >= 4 is 73.9 Å². The summed E-state index contributed by atoms with van der Waals surface area (Å²) in [4.78, 5) is 7.46. The summed E-state index contributed by atoms with van der Waals surface area (Å²) in [5.74, 6) is 0. The van der Waals surface area contributed by atoms with Crippen LogP contribution >= 0.6 is 11.8 Å². The molecular weight excluding hydrogens is 829 g/mol. The number of rotatable bonds is 6. The van der Waals surface area contributed by atoms with Gasteiger partial charge in [0, 0.05) is 38.8 Å². The second kappa shape index (κ2) is 15.8. The molecule has 2 heterocycles. The molecule has 320 valence electrons. The maximum absolute atomic E-state index is 2.52. The van der Waals surface area contributed by atoms with Gasteiger partial charge in [-0.15, -0.1) is 0 Å². The highest BCUT2D eigenvalue weighted by Crippen LogP contribution is 2.53. The molecule has 67 heavy (non-hydrogen) atoms. The maximum atomic E-state index is 2.52. The van der Waals surface area contributed by atoms with E-state index in [2.05, 4.69) is 242 Å². The molecule has 0 unspecified atom stereocenters. The molecule has 0 amide bonds. The average molecular weight is 877 g/mol. The van der Waals surface area contributed by atoms with Crippen LogP contribution in [0.2, 0.25) is 0 Å². The average Bonchev–Trinajstić information content (AvgIpc) is 3.61. The highest BCUT2D eigenvalue weighted by molar-refractivity contribution is 7.99. The minimum atomic E-state index is -0.0989. The number of nitrogens with zero attached hydrogens (tertiary/aromatic N) is 2. The molecule has 13 rings (SSSR count). The van der Waals surface area contributed by atoms with Crippen LogP contribution in [0.15, 0.2) is 216 Å². The Balaban J connectivity index is 0.805. The van der Waals surface area contributed by atoms with Gasteiger partial charge in [-0.25, -0.2) is 0 Å². The van der Waals surface area contributed by atoms with E-state index in [1.54, 1.807) is 0 Å². The third-order valence-electron chi connectivity index (χ3n) is 14.6. The fourth-order valence-electron chi connectivity index (χ4n) is 11.3. The molecule has 1 aliphatic carbocycles. The van der Waals surface area contributed by atoms with Gasteiger partial charge in [-0.05, 0) is 150 Å². The van der Waals surface area contributed by atoms with Crippen molar-refractivity contribution in [1.29, 1.82) is 0 Å². The largest absolute Gasteiger partial charge is 0.341 e. The van der Waals surface area contributed by atoms with Gasteiger partial charge in [-0.3, -0.25) is 0 Å². The second-order valence-corrected chi connectivity index (χ2v) is 19.8. The summed E-state index contributed by atoms with van der Waals surface area (Å²) in [7, 11) is 0. The van der Waals surface area contributed by atoms with Gasteiger partial charge < -0.3 is 9.80 Å². The predicted octanol–water partition coefficient (Wildman–Crippen LogP) is 17.8. The lowest BCUT2D eigenvalue weighted by molar-refractivity contribution is 0.659. The van der Waals surface area contributed by atoms with Crippen LogP contribution in [-0.2, 0) is 11.8 Å². The highest BCUT2D eigenvalue weighted by atomic mass is 32.2. The molecule has 0 aromatic heterocycles. The molecular formula is C64H48N2S. The van der Waals surface area contributed by atoms with Gasteiger partial charge in [-0.2, -0.15) is 0 Å². The van der Waals surface area contributed by atoms with Gasteiger partial charge in [0.25, 0.3) is 0 Å². The Hall–Kier alpha value is -7.59. The van der Waals surface area contributed by atoms with E-state index >= 15 is 0 Å². The van der Waals surface area contributed by atoms with Crippen molar-refractivity contribution in [1.82, 2.24) is 0 Å². The number of para-hydroxylation sites is 3. The van der Waals surface area contributed by atoms with Crippen molar-refractivity contribution in [2.75, 3.05) is 16.3 Å². The summed E-state index contributed by atoms with van der Waals surface area (Å²) in [5.41, 5.74) is 20.5. The molecule has 0 fully saturated rings. The number of anilines is 5. The zero-order valence-electron chi connectivity index (χ0n) is 37.7. The van der Waals surface area contributed by atoms with E-state index in [0.29, 0.717) is 0 Å². The summed E-state index contributed by atoms with van der Waals surface area (Å²) >= 11 is 1.84. The third-order valence-corrected chi connectivity index (χ3v) is 15.7. The quantitative estimate of drug-likeness (QED) is 0.121. The molecule has 10 aromatic carbocycles. The number of aryl methyl sites for hydroxylation is 1. The summed E-state index contributed by atoms with van der Waals surface area (Å²) in [6.45, 7) is 5.84. The van der Waals surface area contributed by atoms with E-state index in [-0.39, 0.29) is 5.41 Å². The first kappa shape index (κ1) is 39.7. The minimum Gasteiger partial charge on any atom is -0.341 e. The van der Waals surface area contributed by atoms with Crippen molar-refractivity contribution in [2.24, 2.45) is 0 Å². The van der Waals surface area contributed by atoms with E-state index < -0.39 is 0 Å². The van der Waals surface area contributed by atoms with Crippen molar-refractivity contribution in [2.45, 2.75) is 41.9 Å². The van der Waals surface area contributed by atoms with Crippen LogP contribution in [0.1, 0.15) is 48.1 Å². The first-order valence-corrected chi connectivity index (χ1v) is 24.4. The Kier molecular flexibility index (Phi) is 9.37. The van der Waals surface area contributed by atoms with Crippen molar-refractivity contribution < 1.29 is 0 Å². The predicted molar refractivity (Wildman–Crippen MR) is 286 cm³/mol. The maximum Gasteiger partial charge on any atom is 0.0601 e. The summed E-state index contributed by atoms with van der Waals surface area (Å²) in [6.07, 6.45) is 6.87. The number of fused-ring (bicyclic) bond motifs is 8. The van der Waals surface area contributed by atoms with Gasteiger partial charge in [0.05, 0.1) is 11.4 Å². The zero-order valence-corrected chi connectivity index (χ0v) is 38.5. The van der Waals surface area contributed by atoms with Crippen molar-refractivity contribution in [3.05, 3.63) is 234 Å². The second-order valence-electron chi connectivity index (χ2n) is 18.8. The fraction of sp³-hybridized carbons (Fsp3) is 0.0938. The standard InChI is InChI=1S/C64H48N2S/c1-64(2)55-40-43(29-37-49(55)50-38-36-48(41-56(50)64)65-39-13-15-44-14-3-8-20-57(44)65)26-25-42-27-30-45(31-28-42)62-51-16-4-6-18-53(51)63(54-19-7-5-17-52(54)62)46-32-34-47(35-33-46)66-58-21-9-11-23-60(58)67-61-24-12-10-22-59(61)66/h3-12,14,16-38,40-41H,13,15,39H2,1-2H3/b26-25+. The van der Waals surface area contributed by atoms with Crippen molar-refractivity contribution in [3.63, 3.8) is 0 Å². The molecule has 0 spiro atoms. The first-order valence-electron chi connectivity index (χ1n) is 23.6. The van der Waals surface area contributed by atoms with E-state index in [9.17, 15) is 0 Å². The normalized spacial score (nSPS) is 14.5. The van der Waals surface area contributed by atoms with Crippen LogP contribution in [0.25, 0.3) is 67.1 Å². The van der Waals surface area contributed by atoms with Crippen molar-refractivity contribution in [3.8, 4) is 33.4 Å². The number of benzene rings is 10. The van der Waals surface area contributed by atoms with Crippen LogP contribution in [0, 0.1) is 0 Å². The number of hydrogen-bond acceptors (Lipinski definition) is 3. The third kappa shape index (κ3) is 6.55. The molecule has 0 saturated heterocycles. The zero-order chi connectivity index (χ0) is 44.6. The van der Waals surface area contributed by atoms with E-state index in [4.69, 9.17) is 0 Å². The minimum absolute atomic E-state index is 0.0989. The Labute approximate surface area is 397 Å². The molecule has 2 nitrogen and oxygen atoms in total. The van der Waals surface area contributed by atoms with Crippen LogP contribution in [0.4, 0.5) is 28.4 Å². The molecule has 0 saturated carbocycles. The van der Waals surface area contributed by atoms with Crippen LogP contribution in [-0.4, -0.2) is 6.54 Å². The molecule has 0 radical (unpaired) electrons. The smallest absolute Gasteiger partial charge is 0.0601 e. The fourth-order valence-corrected chi connectivity index (χ4v) is 12.3. The molecule has 0 bridgehead atoms. The first-order chi connectivity index (χ1) is 33.0. The lowest BCUT2D eigenvalue weighted by atomic mass is 9.81. The van der Waals surface area contributed by atoms with Gasteiger partial charge in [0.1, 0.15) is 0 Å². The highest BCUT2D eigenvalue weighted by Gasteiger charge is 2.36. The van der Waals surface area contributed by atoms with Gasteiger partial charge >= 0.3 is 0 Å². The lowest BCUT2D eigenvalue weighted by Crippen LogP contribution is -2.25.